The molecule has 0 aromatic heterocycles. The van der Waals surface area contributed by atoms with Crippen LogP contribution in [-0.2, 0) is 0 Å². The van der Waals surface area contributed by atoms with Gasteiger partial charge in [-0.15, -0.1) is 0 Å². The van der Waals surface area contributed by atoms with Crippen LogP contribution in [0, 0.1) is 19.8 Å². The Morgan fingerprint density at radius 1 is 1.13 bits per heavy atom. The zero-order valence-electron chi connectivity index (χ0n) is 18.4. The first-order valence-electron chi connectivity index (χ1n) is 10.7. The molecule has 0 saturated carbocycles. The van der Waals surface area contributed by atoms with Crippen LogP contribution in [0.3, 0.4) is 0 Å². The Morgan fingerprint density at radius 3 is 2.53 bits per heavy atom. The number of ether oxygens (including phenoxy) is 1. The van der Waals surface area contributed by atoms with Crippen LogP contribution in [0.15, 0.2) is 42.5 Å². The van der Waals surface area contributed by atoms with Crippen LogP contribution in [-0.4, -0.2) is 42.5 Å². The van der Waals surface area contributed by atoms with Crippen molar-refractivity contribution < 1.29 is 14.3 Å². The van der Waals surface area contributed by atoms with Crippen molar-refractivity contribution >= 4 is 11.8 Å². The van der Waals surface area contributed by atoms with Gasteiger partial charge >= 0.3 is 0 Å². The molecule has 2 aromatic carbocycles. The summed E-state index contributed by atoms with van der Waals surface area (Å²) in [6, 6.07) is 13.3. The van der Waals surface area contributed by atoms with Crippen molar-refractivity contribution in [1.29, 1.82) is 0 Å². The normalized spacial score (nSPS) is 16.4. The minimum atomic E-state index is -0.0793. The Hall–Kier alpha value is -2.82. The average molecular weight is 409 g/mol. The summed E-state index contributed by atoms with van der Waals surface area (Å²) in [4.78, 5) is 27.0. The summed E-state index contributed by atoms with van der Waals surface area (Å²) in [6.45, 7) is 9.98. The molecule has 0 bridgehead atoms. The van der Waals surface area contributed by atoms with Crippen molar-refractivity contribution in [3.05, 3.63) is 64.7 Å². The first-order chi connectivity index (χ1) is 14.3. The highest BCUT2D eigenvalue weighted by atomic mass is 16.5. The molecule has 1 saturated heterocycles. The van der Waals surface area contributed by atoms with E-state index in [-0.39, 0.29) is 17.9 Å². The summed E-state index contributed by atoms with van der Waals surface area (Å²) < 4.78 is 5.96. The number of amides is 2. The fourth-order valence-electron chi connectivity index (χ4n) is 3.87. The molecule has 1 aliphatic heterocycles. The Balaban J connectivity index is 1.55. The third-order valence-electron chi connectivity index (χ3n) is 5.44. The van der Waals surface area contributed by atoms with Gasteiger partial charge in [-0.3, -0.25) is 9.59 Å². The smallest absolute Gasteiger partial charge is 0.254 e. The summed E-state index contributed by atoms with van der Waals surface area (Å²) in [6.07, 6.45) is 2.03. The predicted molar refractivity (Wildman–Crippen MR) is 119 cm³/mol. The third kappa shape index (κ3) is 5.62. The summed E-state index contributed by atoms with van der Waals surface area (Å²) in [5.74, 6) is 1.08. The number of likely N-dealkylation sites (tertiary alicyclic amines) is 1. The highest BCUT2D eigenvalue weighted by molar-refractivity contribution is 5.96. The van der Waals surface area contributed by atoms with Gasteiger partial charge in [-0.05, 0) is 76.4 Å². The summed E-state index contributed by atoms with van der Waals surface area (Å²) in [7, 11) is 0. The van der Waals surface area contributed by atoms with E-state index in [2.05, 4.69) is 11.4 Å². The fraction of sp³-hybridized carbons (Fsp3) is 0.440. The van der Waals surface area contributed by atoms with Gasteiger partial charge in [-0.2, -0.15) is 0 Å². The average Bonchev–Trinajstić information content (AvgIpc) is 2.72. The van der Waals surface area contributed by atoms with E-state index in [1.807, 2.05) is 56.9 Å². The van der Waals surface area contributed by atoms with E-state index in [0.29, 0.717) is 24.6 Å². The molecule has 0 aliphatic carbocycles. The van der Waals surface area contributed by atoms with Crippen molar-refractivity contribution in [3.63, 3.8) is 0 Å². The number of aryl methyl sites for hydroxylation is 2. The van der Waals surface area contributed by atoms with Crippen molar-refractivity contribution in [3.8, 4) is 5.75 Å². The van der Waals surface area contributed by atoms with Crippen LogP contribution in [0.25, 0.3) is 0 Å². The second-order valence-corrected chi connectivity index (χ2v) is 8.54. The summed E-state index contributed by atoms with van der Waals surface area (Å²) in [5.41, 5.74) is 3.61. The summed E-state index contributed by atoms with van der Waals surface area (Å²) in [5, 5.41) is 2.88. The second kappa shape index (κ2) is 9.79. The lowest BCUT2D eigenvalue weighted by Crippen LogP contribution is -2.41. The third-order valence-corrected chi connectivity index (χ3v) is 5.44. The number of piperidine rings is 1. The molecule has 160 valence electrons. The number of benzene rings is 2. The first-order valence-corrected chi connectivity index (χ1v) is 10.7. The lowest BCUT2D eigenvalue weighted by Gasteiger charge is -2.33. The van der Waals surface area contributed by atoms with Gasteiger partial charge in [0.2, 0.25) is 0 Å². The van der Waals surface area contributed by atoms with Gasteiger partial charge in [0.15, 0.2) is 0 Å². The molecule has 0 spiro atoms. The number of nitrogens with zero attached hydrogens (tertiary/aromatic N) is 1. The van der Waals surface area contributed by atoms with Gasteiger partial charge in [0.05, 0.1) is 6.61 Å². The van der Waals surface area contributed by atoms with Gasteiger partial charge in [-0.1, -0.05) is 17.7 Å². The number of rotatable bonds is 6. The molecule has 1 heterocycles. The van der Waals surface area contributed by atoms with Crippen LogP contribution < -0.4 is 10.1 Å². The van der Waals surface area contributed by atoms with E-state index in [4.69, 9.17) is 4.74 Å². The van der Waals surface area contributed by atoms with Gasteiger partial charge in [-0.25, -0.2) is 0 Å². The van der Waals surface area contributed by atoms with Crippen molar-refractivity contribution in [1.82, 2.24) is 10.2 Å². The molecule has 1 aliphatic rings. The van der Waals surface area contributed by atoms with Crippen LogP contribution >= 0.6 is 0 Å². The second-order valence-electron chi connectivity index (χ2n) is 8.54. The number of carbonyl (C=O) groups excluding carboxylic acids is 2. The van der Waals surface area contributed by atoms with E-state index in [0.717, 1.165) is 36.3 Å². The van der Waals surface area contributed by atoms with Crippen molar-refractivity contribution in [2.45, 2.75) is 46.6 Å². The van der Waals surface area contributed by atoms with Crippen LogP contribution in [0.1, 0.15) is 58.5 Å². The largest absolute Gasteiger partial charge is 0.493 e. The van der Waals surface area contributed by atoms with Crippen molar-refractivity contribution in [2.75, 3.05) is 19.7 Å². The SMILES string of the molecule is Cc1ccc(C(=O)N2CCC[C@@H](COc3ccc(C(=O)NC(C)C)cc3)C2)c(C)c1. The van der Waals surface area contributed by atoms with Gasteiger partial charge in [0.1, 0.15) is 5.75 Å². The maximum atomic E-state index is 13.0. The topological polar surface area (TPSA) is 58.6 Å². The molecule has 3 rings (SSSR count). The van der Waals surface area contributed by atoms with E-state index in [1.165, 1.54) is 5.56 Å². The number of hydrogen-bond acceptors (Lipinski definition) is 3. The van der Waals surface area contributed by atoms with E-state index >= 15 is 0 Å². The molecular formula is C25H32N2O3. The zero-order chi connectivity index (χ0) is 21.7. The molecule has 0 radical (unpaired) electrons. The lowest BCUT2D eigenvalue weighted by molar-refractivity contribution is 0.0632. The molecule has 30 heavy (non-hydrogen) atoms. The van der Waals surface area contributed by atoms with Gasteiger partial charge in [0, 0.05) is 36.2 Å². The number of nitrogens with one attached hydrogen (secondary N) is 1. The Bertz CT molecular complexity index is 890. The highest BCUT2D eigenvalue weighted by Gasteiger charge is 2.25. The minimum absolute atomic E-state index is 0.0793. The Kier molecular flexibility index (Phi) is 7.14. The number of carbonyl (C=O) groups is 2. The minimum Gasteiger partial charge on any atom is -0.493 e. The number of hydrogen-bond donors (Lipinski definition) is 1. The van der Waals surface area contributed by atoms with E-state index in [9.17, 15) is 9.59 Å². The monoisotopic (exact) mass is 408 g/mol. The van der Waals surface area contributed by atoms with Crippen LogP contribution in [0.2, 0.25) is 0 Å². The predicted octanol–water partition coefficient (Wildman–Crippen LogP) is 4.37. The molecule has 2 aromatic rings. The van der Waals surface area contributed by atoms with Gasteiger partial charge in [0.25, 0.3) is 11.8 Å². The van der Waals surface area contributed by atoms with Crippen LogP contribution in [0.4, 0.5) is 0 Å². The Morgan fingerprint density at radius 2 is 1.87 bits per heavy atom. The summed E-state index contributed by atoms with van der Waals surface area (Å²) >= 11 is 0. The molecule has 5 heteroatoms. The first kappa shape index (κ1) is 21.9. The molecule has 1 fully saturated rings. The molecule has 2 amide bonds. The fourth-order valence-corrected chi connectivity index (χ4v) is 3.87. The maximum Gasteiger partial charge on any atom is 0.254 e. The molecule has 5 nitrogen and oxygen atoms in total. The molecule has 0 unspecified atom stereocenters. The maximum absolute atomic E-state index is 13.0. The molecule has 1 atom stereocenters. The molecular weight excluding hydrogens is 376 g/mol. The highest BCUT2D eigenvalue weighted by Crippen LogP contribution is 2.22. The standard InChI is InChI=1S/C25H32N2O3/c1-17(2)26-24(28)21-8-10-22(11-9-21)30-16-20-6-5-13-27(15-20)25(29)23-12-7-18(3)14-19(23)4/h7-12,14,17,20H,5-6,13,15-16H2,1-4H3,(H,26,28)/t20-/m1/s1. The van der Waals surface area contributed by atoms with Crippen LogP contribution in [0.5, 0.6) is 5.75 Å². The van der Waals surface area contributed by atoms with Gasteiger partial charge < -0.3 is 15.0 Å². The zero-order valence-corrected chi connectivity index (χ0v) is 18.4. The quantitative estimate of drug-likeness (QED) is 0.772. The van der Waals surface area contributed by atoms with E-state index < -0.39 is 0 Å². The molecule has 1 N–H and O–H groups in total. The lowest BCUT2D eigenvalue weighted by atomic mass is 9.97. The Labute approximate surface area is 179 Å². The van der Waals surface area contributed by atoms with E-state index in [1.54, 1.807) is 12.1 Å². The van der Waals surface area contributed by atoms with Crippen molar-refractivity contribution in [2.24, 2.45) is 5.92 Å².